The molecule has 0 saturated carbocycles. The van der Waals surface area contributed by atoms with E-state index in [0.29, 0.717) is 12.4 Å². The highest BCUT2D eigenvalue weighted by molar-refractivity contribution is 6.30. The van der Waals surface area contributed by atoms with Gasteiger partial charge >= 0.3 is 6.18 Å². The van der Waals surface area contributed by atoms with Gasteiger partial charge in [0.25, 0.3) is 0 Å². The molecule has 3 rings (SSSR count). The first-order valence-electron chi connectivity index (χ1n) is 6.43. The summed E-state index contributed by atoms with van der Waals surface area (Å²) in [5.74, 6) is 0.741. The van der Waals surface area contributed by atoms with E-state index in [9.17, 15) is 13.2 Å². The molecule has 0 spiro atoms. The molecular weight excluding hydrogens is 305 g/mol. The van der Waals surface area contributed by atoms with Gasteiger partial charge in [0.1, 0.15) is 11.0 Å². The molecule has 4 nitrogen and oxygen atoms in total. The molecule has 1 unspecified atom stereocenters. The van der Waals surface area contributed by atoms with Crippen LogP contribution in [0.5, 0.6) is 0 Å². The second-order valence-electron chi connectivity index (χ2n) is 4.95. The van der Waals surface area contributed by atoms with Gasteiger partial charge in [-0.15, -0.1) is 0 Å². The lowest BCUT2D eigenvalue weighted by Crippen LogP contribution is -2.21. The summed E-state index contributed by atoms with van der Waals surface area (Å²) in [4.78, 5) is 5.81. The summed E-state index contributed by atoms with van der Waals surface area (Å²) in [6.07, 6.45) is -1.90. The quantitative estimate of drug-likeness (QED) is 0.863. The van der Waals surface area contributed by atoms with Gasteiger partial charge in [-0.1, -0.05) is 11.6 Å². The molecule has 1 N–H and O–H groups in total. The number of nitrogens with one attached hydrogen (secondary N) is 1. The van der Waals surface area contributed by atoms with Crippen LogP contribution in [0.2, 0.25) is 5.15 Å². The minimum absolute atomic E-state index is 0.273. The molecule has 112 valence electrons. The van der Waals surface area contributed by atoms with Gasteiger partial charge in [0.2, 0.25) is 0 Å². The number of aromatic nitrogens is 3. The summed E-state index contributed by atoms with van der Waals surface area (Å²) in [5.41, 5.74) is 0.118. The van der Waals surface area contributed by atoms with Crippen LogP contribution in [0, 0.1) is 0 Å². The fourth-order valence-corrected chi connectivity index (χ4v) is 2.79. The fourth-order valence-electron chi connectivity index (χ4n) is 2.53. The van der Waals surface area contributed by atoms with Gasteiger partial charge in [0.15, 0.2) is 0 Å². The van der Waals surface area contributed by atoms with E-state index in [-0.39, 0.29) is 5.92 Å². The second kappa shape index (κ2) is 5.22. The van der Waals surface area contributed by atoms with Gasteiger partial charge < -0.3 is 4.90 Å². The number of hydrogen-bond donors (Lipinski definition) is 1. The summed E-state index contributed by atoms with van der Waals surface area (Å²) >= 11 is 5.65. The molecule has 2 aromatic rings. The van der Waals surface area contributed by atoms with Crippen LogP contribution in [0.15, 0.2) is 24.4 Å². The van der Waals surface area contributed by atoms with Crippen LogP contribution in [0.3, 0.4) is 0 Å². The van der Waals surface area contributed by atoms with Crippen molar-refractivity contribution >= 4 is 17.4 Å². The van der Waals surface area contributed by atoms with Crippen molar-refractivity contribution in [3.05, 3.63) is 40.8 Å². The third-order valence-corrected chi connectivity index (χ3v) is 3.90. The van der Waals surface area contributed by atoms with E-state index in [1.807, 2.05) is 11.0 Å². The van der Waals surface area contributed by atoms with Crippen LogP contribution < -0.4 is 4.90 Å². The normalized spacial score (nSPS) is 19.2. The summed E-state index contributed by atoms with van der Waals surface area (Å²) in [6.45, 7) is 1.40. The van der Waals surface area contributed by atoms with Gasteiger partial charge in [-0.2, -0.15) is 18.3 Å². The summed E-state index contributed by atoms with van der Waals surface area (Å²) < 4.78 is 38.0. The van der Waals surface area contributed by atoms with Gasteiger partial charge in [-0.05, 0) is 24.6 Å². The molecule has 2 aromatic heterocycles. The zero-order valence-electron chi connectivity index (χ0n) is 10.9. The molecule has 8 heteroatoms. The largest absolute Gasteiger partial charge is 0.419 e. The molecule has 1 fully saturated rings. The zero-order valence-corrected chi connectivity index (χ0v) is 11.6. The van der Waals surface area contributed by atoms with E-state index in [1.165, 1.54) is 6.07 Å². The predicted octanol–water partition coefficient (Wildman–Crippen LogP) is 3.47. The number of aromatic amines is 1. The number of halogens is 4. The van der Waals surface area contributed by atoms with Crippen molar-refractivity contribution in [2.24, 2.45) is 0 Å². The zero-order chi connectivity index (χ0) is 15.0. The topological polar surface area (TPSA) is 44.8 Å². The maximum absolute atomic E-state index is 12.7. The van der Waals surface area contributed by atoms with Gasteiger partial charge in [0, 0.05) is 30.9 Å². The van der Waals surface area contributed by atoms with E-state index in [2.05, 4.69) is 15.2 Å². The number of rotatable bonds is 2. The van der Waals surface area contributed by atoms with Crippen molar-refractivity contribution in [3.8, 4) is 0 Å². The Morgan fingerprint density at radius 3 is 2.71 bits per heavy atom. The van der Waals surface area contributed by atoms with Crippen LogP contribution >= 0.6 is 11.6 Å². The number of hydrogen-bond acceptors (Lipinski definition) is 3. The third kappa shape index (κ3) is 2.83. The average Bonchev–Trinajstić information content (AvgIpc) is 3.08. The van der Waals surface area contributed by atoms with Crippen LogP contribution in [0.25, 0.3) is 0 Å². The van der Waals surface area contributed by atoms with Crippen molar-refractivity contribution in [1.82, 2.24) is 15.2 Å². The van der Waals surface area contributed by atoms with E-state index in [4.69, 9.17) is 11.6 Å². The highest BCUT2D eigenvalue weighted by Gasteiger charge is 2.34. The number of anilines is 1. The summed E-state index contributed by atoms with van der Waals surface area (Å²) in [5, 5.41) is 6.32. The molecule has 21 heavy (non-hydrogen) atoms. The Morgan fingerprint density at radius 2 is 2.10 bits per heavy atom. The van der Waals surface area contributed by atoms with E-state index >= 15 is 0 Å². The highest BCUT2D eigenvalue weighted by Crippen LogP contribution is 2.36. The lowest BCUT2D eigenvalue weighted by atomic mass is 10.1. The molecule has 1 aliphatic heterocycles. The minimum Gasteiger partial charge on any atom is -0.356 e. The molecule has 1 aliphatic rings. The monoisotopic (exact) mass is 316 g/mol. The molecule has 1 atom stereocenters. The van der Waals surface area contributed by atoms with E-state index < -0.39 is 16.9 Å². The Kier molecular flexibility index (Phi) is 3.52. The van der Waals surface area contributed by atoms with Crippen molar-refractivity contribution in [2.75, 3.05) is 18.0 Å². The van der Waals surface area contributed by atoms with E-state index in [1.54, 1.807) is 6.20 Å². The Labute approximate surface area is 123 Å². The van der Waals surface area contributed by atoms with Gasteiger partial charge in [-0.25, -0.2) is 4.98 Å². The fraction of sp³-hybridized carbons (Fsp3) is 0.385. The first-order chi connectivity index (χ1) is 9.95. The van der Waals surface area contributed by atoms with Crippen LogP contribution in [-0.2, 0) is 6.18 Å². The molecule has 1 saturated heterocycles. The van der Waals surface area contributed by atoms with Crippen LogP contribution in [0.4, 0.5) is 19.0 Å². The van der Waals surface area contributed by atoms with Gasteiger partial charge in [-0.3, -0.25) is 5.10 Å². The Morgan fingerprint density at radius 1 is 1.29 bits per heavy atom. The molecule has 3 heterocycles. The smallest absolute Gasteiger partial charge is 0.356 e. The van der Waals surface area contributed by atoms with Crippen molar-refractivity contribution in [1.29, 1.82) is 0 Å². The number of alkyl halides is 3. The van der Waals surface area contributed by atoms with Gasteiger partial charge in [0.05, 0.1) is 5.56 Å². The summed E-state index contributed by atoms with van der Waals surface area (Å²) in [7, 11) is 0. The third-order valence-electron chi connectivity index (χ3n) is 3.61. The molecule has 0 amide bonds. The lowest BCUT2D eigenvalue weighted by Gasteiger charge is -2.18. The maximum Gasteiger partial charge on any atom is 0.419 e. The van der Waals surface area contributed by atoms with Crippen molar-refractivity contribution in [3.63, 3.8) is 0 Å². The highest BCUT2D eigenvalue weighted by atomic mass is 35.5. The second-order valence-corrected chi connectivity index (χ2v) is 5.31. The SMILES string of the molecule is FC(F)(F)c1ccc(N2CCC(c3ccn[nH]3)C2)nc1Cl. The first kappa shape index (κ1) is 14.2. The number of H-pyrrole nitrogens is 1. The van der Waals surface area contributed by atoms with Crippen molar-refractivity contribution in [2.45, 2.75) is 18.5 Å². The van der Waals surface area contributed by atoms with Crippen molar-refractivity contribution < 1.29 is 13.2 Å². The molecule has 0 radical (unpaired) electrons. The predicted molar refractivity (Wildman–Crippen MR) is 72.4 cm³/mol. The summed E-state index contributed by atoms with van der Waals surface area (Å²) in [6, 6.07) is 4.25. The number of pyridine rings is 1. The average molecular weight is 317 g/mol. The molecule has 0 aliphatic carbocycles. The minimum atomic E-state index is -4.48. The molecular formula is C13H12ClF3N4. The Bertz CT molecular complexity index is 627. The molecule has 0 aromatic carbocycles. The lowest BCUT2D eigenvalue weighted by molar-refractivity contribution is -0.137. The number of nitrogens with zero attached hydrogens (tertiary/aromatic N) is 3. The van der Waals surface area contributed by atoms with E-state index in [0.717, 1.165) is 24.7 Å². The maximum atomic E-state index is 12.7. The van der Waals surface area contributed by atoms with Crippen LogP contribution in [-0.4, -0.2) is 28.3 Å². The Balaban J connectivity index is 1.78. The first-order valence-corrected chi connectivity index (χ1v) is 6.81. The standard InChI is InChI=1S/C13H12ClF3N4/c14-12-9(13(15,16)17)1-2-11(19-12)21-6-4-8(7-21)10-3-5-18-20-10/h1-3,5,8H,4,6-7H2,(H,18,20). The van der Waals surface area contributed by atoms with Crippen LogP contribution in [0.1, 0.15) is 23.6 Å². The molecule has 0 bridgehead atoms. The Hall–Kier alpha value is -1.76.